The first-order chi connectivity index (χ1) is 9.54. The molecule has 0 spiro atoms. The van der Waals surface area contributed by atoms with Gasteiger partial charge in [0.1, 0.15) is 11.3 Å². The molecule has 5 nitrogen and oxygen atoms in total. The number of alkyl halides is 1. The lowest BCUT2D eigenvalue weighted by molar-refractivity contribution is 0.387. The van der Waals surface area contributed by atoms with Crippen molar-refractivity contribution in [2.45, 2.75) is 32.7 Å². The Labute approximate surface area is 125 Å². The summed E-state index contributed by atoms with van der Waals surface area (Å²) < 4.78 is 4.22. The molecule has 0 radical (unpaired) electrons. The molecule has 0 aliphatic heterocycles. The molecular formula is C14H24ClN5. The van der Waals surface area contributed by atoms with E-state index in [0.717, 1.165) is 48.6 Å². The average Bonchev–Trinajstić information content (AvgIpc) is 2.85. The molecule has 0 saturated carbocycles. The van der Waals surface area contributed by atoms with Crippen molar-refractivity contribution >= 4 is 22.8 Å². The zero-order valence-corrected chi connectivity index (χ0v) is 13.6. The van der Waals surface area contributed by atoms with Gasteiger partial charge in [-0.3, -0.25) is 4.68 Å². The van der Waals surface area contributed by atoms with E-state index < -0.39 is 0 Å². The van der Waals surface area contributed by atoms with Crippen molar-refractivity contribution in [2.75, 3.05) is 26.5 Å². The zero-order chi connectivity index (χ0) is 14.7. The van der Waals surface area contributed by atoms with Crippen molar-refractivity contribution in [1.29, 1.82) is 0 Å². The van der Waals surface area contributed by atoms with Crippen molar-refractivity contribution in [3.05, 3.63) is 11.5 Å². The SMILES string of the molecule is Cc1nn(C)c2c1nc(CCCl)n2CCCCN(C)C. The standard InChI is InChI=1S/C14H24ClN5/c1-11-13-14(19(4)17-11)20(12(16-13)7-8-15)10-6-5-9-18(2)3/h5-10H2,1-4H3. The molecule has 2 rings (SSSR count). The monoisotopic (exact) mass is 297 g/mol. The Bertz CT molecular complexity index is 570. The minimum atomic E-state index is 0.605. The number of aromatic nitrogens is 4. The minimum absolute atomic E-state index is 0.605. The summed E-state index contributed by atoms with van der Waals surface area (Å²) in [6.45, 7) is 4.11. The lowest BCUT2D eigenvalue weighted by atomic mass is 10.3. The van der Waals surface area contributed by atoms with Gasteiger partial charge in [0, 0.05) is 25.9 Å². The molecule has 2 aromatic rings. The summed E-state index contributed by atoms with van der Waals surface area (Å²) >= 11 is 5.90. The van der Waals surface area contributed by atoms with E-state index >= 15 is 0 Å². The Balaban J connectivity index is 2.21. The second-order valence-corrected chi connectivity index (χ2v) is 5.89. The first-order valence-electron chi connectivity index (χ1n) is 7.14. The van der Waals surface area contributed by atoms with Crippen LogP contribution < -0.4 is 0 Å². The number of imidazole rings is 1. The third-order valence-electron chi connectivity index (χ3n) is 3.52. The fourth-order valence-electron chi connectivity index (χ4n) is 2.59. The minimum Gasteiger partial charge on any atom is -0.313 e. The van der Waals surface area contributed by atoms with E-state index in [1.807, 2.05) is 18.7 Å². The highest BCUT2D eigenvalue weighted by Gasteiger charge is 2.16. The average molecular weight is 298 g/mol. The normalized spacial score (nSPS) is 11.9. The molecule has 0 atom stereocenters. The van der Waals surface area contributed by atoms with Crippen molar-refractivity contribution in [2.24, 2.45) is 7.05 Å². The van der Waals surface area contributed by atoms with Crippen LogP contribution >= 0.6 is 11.6 Å². The molecule has 112 valence electrons. The summed E-state index contributed by atoms with van der Waals surface area (Å²) in [7, 11) is 6.20. The molecule has 0 saturated heterocycles. The van der Waals surface area contributed by atoms with Crippen LogP contribution in [0.25, 0.3) is 11.2 Å². The number of halogens is 1. The van der Waals surface area contributed by atoms with Crippen LogP contribution in [0.2, 0.25) is 0 Å². The van der Waals surface area contributed by atoms with Crippen molar-refractivity contribution < 1.29 is 0 Å². The Kier molecular flexibility index (Phi) is 5.05. The van der Waals surface area contributed by atoms with Crippen LogP contribution in [0.5, 0.6) is 0 Å². The van der Waals surface area contributed by atoms with Gasteiger partial charge >= 0.3 is 0 Å². The van der Waals surface area contributed by atoms with E-state index in [0.29, 0.717) is 5.88 Å². The number of rotatable bonds is 7. The third-order valence-corrected chi connectivity index (χ3v) is 3.71. The van der Waals surface area contributed by atoms with Gasteiger partial charge in [0.05, 0.1) is 5.69 Å². The molecule has 0 unspecified atom stereocenters. The zero-order valence-electron chi connectivity index (χ0n) is 12.9. The van der Waals surface area contributed by atoms with E-state index in [1.54, 1.807) is 0 Å². The van der Waals surface area contributed by atoms with Gasteiger partial charge < -0.3 is 9.47 Å². The predicted molar refractivity (Wildman–Crippen MR) is 83.4 cm³/mol. The summed E-state index contributed by atoms with van der Waals surface area (Å²) in [5.41, 5.74) is 3.12. The maximum absolute atomic E-state index is 5.90. The van der Waals surface area contributed by atoms with Crippen LogP contribution in [-0.4, -0.2) is 50.8 Å². The highest BCUT2D eigenvalue weighted by atomic mass is 35.5. The second-order valence-electron chi connectivity index (χ2n) is 5.51. The van der Waals surface area contributed by atoms with E-state index in [-0.39, 0.29) is 0 Å². The number of hydrogen-bond acceptors (Lipinski definition) is 3. The van der Waals surface area contributed by atoms with Crippen LogP contribution in [0.1, 0.15) is 24.4 Å². The topological polar surface area (TPSA) is 38.9 Å². The number of nitrogens with zero attached hydrogens (tertiary/aromatic N) is 5. The maximum atomic E-state index is 5.90. The van der Waals surface area contributed by atoms with Crippen LogP contribution in [0.3, 0.4) is 0 Å². The number of aryl methyl sites for hydroxylation is 4. The lowest BCUT2D eigenvalue weighted by Crippen LogP contribution is -2.14. The Morgan fingerprint density at radius 2 is 2.00 bits per heavy atom. The molecule has 0 amide bonds. The van der Waals surface area contributed by atoms with Gasteiger partial charge in [0.25, 0.3) is 0 Å². The van der Waals surface area contributed by atoms with Crippen molar-refractivity contribution in [1.82, 2.24) is 24.2 Å². The third kappa shape index (κ3) is 3.15. The molecule has 0 aliphatic rings. The molecular weight excluding hydrogens is 274 g/mol. The van der Waals surface area contributed by atoms with Gasteiger partial charge in [-0.2, -0.15) is 5.10 Å². The van der Waals surface area contributed by atoms with Crippen LogP contribution in [0.4, 0.5) is 0 Å². The second kappa shape index (κ2) is 6.59. The Morgan fingerprint density at radius 1 is 1.25 bits per heavy atom. The van der Waals surface area contributed by atoms with Gasteiger partial charge in [-0.1, -0.05) is 0 Å². The number of hydrogen-bond donors (Lipinski definition) is 0. The lowest BCUT2D eigenvalue weighted by Gasteiger charge is -2.11. The van der Waals surface area contributed by atoms with Crippen LogP contribution in [-0.2, 0) is 20.0 Å². The quantitative estimate of drug-likeness (QED) is 0.581. The fourth-order valence-corrected chi connectivity index (χ4v) is 2.76. The first kappa shape index (κ1) is 15.3. The molecule has 0 fully saturated rings. The molecule has 0 aliphatic carbocycles. The predicted octanol–water partition coefficient (Wildman–Crippen LogP) is 2.20. The summed E-state index contributed by atoms with van der Waals surface area (Å²) in [5, 5.41) is 4.46. The summed E-state index contributed by atoms with van der Waals surface area (Å²) in [6, 6.07) is 0. The molecule has 0 aromatic carbocycles. The Hall–Kier alpha value is -1.07. The molecule has 0 N–H and O–H groups in total. The highest BCUT2D eigenvalue weighted by molar-refractivity contribution is 6.17. The number of fused-ring (bicyclic) bond motifs is 1. The van der Waals surface area contributed by atoms with Crippen molar-refractivity contribution in [3.8, 4) is 0 Å². The van der Waals surface area contributed by atoms with Crippen molar-refractivity contribution in [3.63, 3.8) is 0 Å². The van der Waals surface area contributed by atoms with Gasteiger partial charge in [-0.15, -0.1) is 11.6 Å². The van der Waals surface area contributed by atoms with E-state index in [2.05, 4.69) is 28.7 Å². The molecule has 6 heteroatoms. The van der Waals surface area contributed by atoms with Gasteiger partial charge in [0.15, 0.2) is 5.65 Å². The van der Waals surface area contributed by atoms with Gasteiger partial charge in [-0.25, -0.2) is 4.98 Å². The molecule has 2 heterocycles. The summed E-state index contributed by atoms with van der Waals surface area (Å²) in [5.74, 6) is 1.68. The smallest absolute Gasteiger partial charge is 0.158 e. The molecule has 2 aromatic heterocycles. The van der Waals surface area contributed by atoms with Crippen LogP contribution in [0.15, 0.2) is 0 Å². The van der Waals surface area contributed by atoms with E-state index in [9.17, 15) is 0 Å². The van der Waals surface area contributed by atoms with Crippen LogP contribution in [0, 0.1) is 6.92 Å². The fraction of sp³-hybridized carbons (Fsp3) is 0.714. The Morgan fingerprint density at radius 3 is 2.65 bits per heavy atom. The largest absolute Gasteiger partial charge is 0.313 e. The number of unbranched alkanes of at least 4 members (excludes halogenated alkanes) is 1. The summed E-state index contributed by atoms with van der Waals surface area (Å²) in [6.07, 6.45) is 3.14. The maximum Gasteiger partial charge on any atom is 0.158 e. The molecule has 20 heavy (non-hydrogen) atoms. The first-order valence-corrected chi connectivity index (χ1v) is 7.67. The summed E-state index contributed by atoms with van der Waals surface area (Å²) in [4.78, 5) is 6.94. The van der Waals surface area contributed by atoms with Gasteiger partial charge in [-0.05, 0) is 40.4 Å². The molecule has 0 bridgehead atoms. The highest BCUT2D eigenvalue weighted by Crippen LogP contribution is 2.20. The van der Waals surface area contributed by atoms with E-state index in [1.165, 1.54) is 6.42 Å². The van der Waals surface area contributed by atoms with Gasteiger partial charge in [0.2, 0.25) is 0 Å². The van der Waals surface area contributed by atoms with E-state index in [4.69, 9.17) is 16.6 Å².